The Morgan fingerprint density at radius 2 is 1.95 bits per heavy atom. The van der Waals surface area contributed by atoms with E-state index >= 15 is 0 Å². The molecule has 0 aromatic heterocycles. The first-order chi connectivity index (χ1) is 9.59. The molecule has 1 fully saturated rings. The lowest BCUT2D eigenvalue weighted by Gasteiger charge is -2.20. The van der Waals surface area contributed by atoms with Crippen molar-refractivity contribution in [3.8, 4) is 0 Å². The standard InChI is InChI=1S/C16H34N2O2/c1-14(2)18(3)11-7-6-10-17-12-15(19)13-20-16-8-4-5-9-16/h14-17,19H,4-13H2,1-3H3. The maximum Gasteiger partial charge on any atom is 0.0897 e. The van der Waals surface area contributed by atoms with Crippen LogP contribution in [0.4, 0.5) is 0 Å². The van der Waals surface area contributed by atoms with Gasteiger partial charge in [-0.25, -0.2) is 0 Å². The number of aliphatic hydroxyl groups is 1. The molecule has 0 amide bonds. The molecular formula is C16H34N2O2. The third kappa shape index (κ3) is 8.20. The number of ether oxygens (including phenoxy) is 1. The highest BCUT2D eigenvalue weighted by atomic mass is 16.5. The first-order valence-corrected chi connectivity index (χ1v) is 8.30. The number of aliphatic hydroxyl groups excluding tert-OH is 1. The lowest BCUT2D eigenvalue weighted by atomic mass is 10.2. The van der Waals surface area contributed by atoms with Crippen molar-refractivity contribution in [3.05, 3.63) is 0 Å². The second-order valence-electron chi connectivity index (χ2n) is 6.38. The van der Waals surface area contributed by atoms with Gasteiger partial charge < -0.3 is 20.1 Å². The minimum absolute atomic E-state index is 0.367. The predicted octanol–water partition coefficient (Wildman–Crippen LogP) is 2.02. The molecule has 1 aliphatic carbocycles. The zero-order chi connectivity index (χ0) is 14.8. The Morgan fingerprint density at radius 1 is 1.25 bits per heavy atom. The first kappa shape index (κ1) is 17.9. The minimum atomic E-state index is -0.367. The Kier molecular flexibility index (Phi) is 9.44. The summed E-state index contributed by atoms with van der Waals surface area (Å²) in [7, 11) is 2.17. The molecule has 20 heavy (non-hydrogen) atoms. The molecular weight excluding hydrogens is 252 g/mol. The van der Waals surface area contributed by atoms with E-state index in [1.165, 1.54) is 32.1 Å². The topological polar surface area (TPSA) is 44.7 Å². The van der Waals surface area contributed by atoms with E-state index in [0.29, 0.717) is 25.3 Å². The second kappa shape index (κ2) is 10.6. The summed E-state index contributed by atoms with van der Waals surface area (Å²) in [4.78, 5) is 2.37. The summed E-state index contributed by atoms with van der Waals surface area (Å²) < 4.78 is 5.70. The molecule has 1 unspecified atom stereocenters. The number of rotatable bonds is 11. The van der Waals surface area contributed by atoms with Crippen molar-refractivity contribution in [1.82, 2.24) is 10.2 Å². The van der Waals surface area contributed by atoms with Crippen LogP contribution in [0.15, 0.2) is 0 Å². The maximum absolute atomic E-state index is 9.83. The van der Waals surface area contributed by atoms with Crippen molar-refractivity contribution in [2.24, 2.45) is 0 Å². The SMILES string of the molecule is CC(C)N(C)CCCCNCC(O)COC1CCCC1. The third-order valence-electron chi connectivity index (χ3n) is 4.20. The van der Waals surface area contributed by atoms with Crippen molar-refractivity contribution in [3.63, 3.8) is 0 Å². The van der Waals surface area contributed by atoms with E-state index in [9.17, 15) is 5.11 Å². The highest BCUT2D eigenvalue weighted by Gasteiger charge is 2.16. The van der Waals surface area contributed by atoms with Gasteiger partial charge in [-0.3, -0.25) is 0 Å². The zero-order valence-electron chi connectivity index (χ0n) is 13.6. The quantitative estimate of drug-likeness (QED) is 0.570. The highest BCUT2D eigenvalue weighted by Crippen LogP contribution is 2.20. The van der Waals surface area contributed by atoms with E-state index in [4.69, 9.17) is 4.74 Å². The molecule has 0 aromatic carbocycles. The van der Waals surface area contributed by atoms with Gasteiger partial charge in [0.05, 0.1) is 18.8 Å². The van der Waals surface area contributed by atoms with E-state index in [0.717, 1.165) is 19.5 Å². The van der Waals surface area contributed by atoms with Crippen molar-refractivity contribution >= 4 is 0 Å². The summed E-state index contributed by atoms with van der Waals surface area (Å²) in [6.45, 7) is 7.69. The second-order valence-corrected chi connectivity index (χ2v) is 6.38. The number of nitrogens with zero attached hydrogens (tertiary/aromatic N) is 1. The molecule has 0 heterocycles. The molecule has 4 nitrogen and oxygen atoms in total. The molecule has 0 aliphatic heterocycles. The Labute approximate surface area is 124 Å². The first-order valence-electron chi connectivity index (χ1n) is 8.30. The number of nitrogens with one attached hydrogen (secondary N) is 1. The van der Waals surface area contributed by atoms with Gasteiger partial charge in [0.2, 0.25) is 0 Å². The molecule has 0 spiro atoms. The fourth-order valence-corrected chi connectivity index (χ4v) is 2.50. The molecule has 1 saturated carbocycles. The van der Waals surface area contributed by atoms with Crippen LogP contribution in [0.5, 0.6) is 0 Å². The van der Waals surface area contributed by atoms with Crippen LogP contribution in [0.3, 0.4) is 0 Å². The number of hydrogen-bond acceptors (Lipinski definition) is 4. The number of hydrogen-bond donors (Lipinski definition) is 2. The summed E-state index contributed by atoms with van der Waals surface area (Å²) in [6, 6.07) is 0.623. The van der Waals surface area contributed by atoms with Crippen LogP contribution in [0.25, 0.3) is 0 Å². The van der Waals surface area contributed by atoms with Crippen LogP contribution in [0.2, 0.25) is 0 Å². The molecule has 1 aliphatic rings. The fourth-order valence-electron chi connectivity index (χ4n) is 2.50. The number of unbranched alkanes of at least 4 members (excludes halogenated alkanes) is 1. The Hall–Kier alpha value is -0.160. The average molecular weight is 286 g/mol. The van der Waals surface area contributed by atoms with E-state index in [-0.39, 0.29) is 6.10 Å². The molecule has 0 saturated heterocycles. The van der Waals surface area contributed by atoms with E-state index in [1.807, 2.05) is 0 Å². The van der Waals surface area contributed by atoms with Crippen molar-refractivity contribution in [1.29, 1.82) is 0 Å². The summed E-state index contributed by atoms with van der Waals surface area (Å²) in [5, 5.41) is 13.1. The molecule has 1 rings (SSSR count). The van der Waals surface area contributed by atoms with Crippen LogP contribution in [0, 0.1) is 0 Å². The normalized spacial score (nSPS) is 18.3. The monoisotopic (exact) mass is 286 g/mol. The van der Waals surface area contributed by atoms with E-state index in [1.54, 1.807) is 0 Å². The van der Waals surface area contributed by atoms with Gasteiger partial charge in [-0.1, -0.05) is 12.8 Å². The molecule has 0 bridgehead atoms. The van der Waals surface area contributed by atoms with Gasteiger partial charge in [0.1, 0.15) is 0 Å². The lowest BCUT2D eigenvalue weighted by Crippen LogP contribution is -2.32. The molecule has 0 radical (unpaired) electrons. The summed E-state index contributed by atoms with van der Waals surface area (Å²) in [5.41, 5.74) is 0. The smallest absolute Gasteiger partial charge is 0.0897 e. The van der Waals surface area contributed by atoms with Crippen molar-refractivity contribution in [2.45, 2.75) is 70.6 Å². The predicted molar refractivity (Wildman–Crippen MR) is 84.1 cm³/mol. The van der Waals surface area contributed by atoms with E-state index in [2.05, 4.69) is 31.1 Å². The molecule has 2 N–H and O–H groups in total. The molecule has 0 aromatic rings. The third-order valence-corrected chi connectivity index (χ3v) is 4.20. The van der Waals surface area contributed by atoms with Gasteiger partial charge in [0, 0.05) is 12.6 Å². The van der Waals surface area contributed by atoms with Gasteiger partial charge in [-0.2, -0.15) is 0 Å². The Morgan fingerprint density at radius 3 is 2.60 bits per heavy atom. The van der Waals surface area contributed by atoms with Crippen LogP contribution in [-0.4, -0.2) is 61.5 Å². The summed E-state index contributed by atoms with van der Waals surface area (Å²) in [6.07, 6.45) is 7.30. The summed E-state index contributed by atoms with van der Waals surface area (Å²) >= 11 is 0. The van der Waals surface area contributed by atoms with Crippen molar-refractivity contribution < 1.29 is 9.84 Å². The molecule has 4 heteroatoms. The summed E-state index contributed by atoms with van der Waals surface area (Å²) in [5.74, 6) is 0. The molecule has 1 atom stereocenters. The Balaban J connectivity index is 1.87. The van der Waals surface area contributed by atoms with Gasteiger partial charge in [-0.05, 0) is 59.7 Å². The molecule has 120 valence electrons. The maximum atomic E-state index is 9.83. The van der Waals surface area contributed by atoms with Crippen LogP contribution in [-0.2, 0) is 4.74 Å². The Bertz CT molecular complexity index is 231. The van der Waals surface area contributed by atoms with Crippen LogP contribution in [0.1, 0.15) is 52.4 Å². The average Bonchev–Trinajstić information content (AvgIpc) is 2.93. The van der Waals surface area contributed by atoms with Crippen LogP contribution >= 0.6 is 0 Å². The lowest BCUT2D eigenvalue weighted by molar-refractivity contribution is -0.00536. The zero-order valence-corrected chi connectivity index (χ0v) is 13.6. The largest absolute Gasteiger partial charge is 0.389 e. The minimum Gasteiger partial charge on any atom is -0.389 e. The fraction of sp³-hybridized carbons (Fsp3) is 1.00. The van der Waals surface area contributed by atoms with Gasteiger partial charge in [0.25, 0.3) is 0 Å². The van der Waals surface area contributed by atoms with Crippen LogP contribution < -0.4 is 5.32 Å². The van der Waals surface area contributed by atoms with Gasteiger partial charge in [-0.15, -0.1) is 0 Å². The van der Waals surface area contributed by atoms with E-state index < -0.39 is 0 Å². The highest BCUT2D eigenvalue weighted by molar-refractivity contribution is 4.68. The van der Waals surface area contributed by atoms with Gasteiger partial charge >= 0.3 is 0 Å². The van der Waals surface area contributed by atoms with Crippen molar-refractivity contribution in [2.75, 3.05) is 33.3 Å². The van der Waals surface area contributed by atoms with Gasteiger partial charge in [0.15, 0.2) is 0 Å².